The molecule has 25 heavy (non-hydrogen) atoms. The molecule has 0 atom stereocenters. The van der Waals surface area contributed by atoms with Crippen molar-refractivity contribution in [3.63, 3.8) is 0 Å². The first-order chi connectivity index (χ1) is 12.1. The number of nitrogens with zero attached hydrogens (tertiary/aromatic N) is 1. The van der Waals surface area contributed by atoms with Crippen LogP contribution in [-0.2, 0) is 11.2 Å². The number of hydrogen-bond acceptors (Lipinski definition) is 4. The fourth-order valence-corrected chi connectivity index (χ4v) is 3.80. The van der Waals surface area contributed by atoms with Gasteiger partial charge in [0.2, 0.25) is 5.91 Å². The Balaban J connectivity index is 1.67. The molecule has 1 amide bonds. The molecular weight excluding hydrogens is 337 g/mol. The van der Waals surface area contributed by atoms with E-state index in [1.54, 1.807) is 6.07 Å². The van der Waals surface area contributed by atoms with E-state index in [0.29, 0.717) is 6.42 Å². The molecule has 3 aromatic rings. The second-order valence-corrected chi connectivity index (χ2v) is 7.17. The molecule has 0 bridgehead atoms. The summed E-state index contributed by atoms with van der Waals surface area (Å²) in [7, 11) is 0. The lowest BCUT2D eigenvalue weighted by molar-refractivity contribution is -0.116. The van der Waals surface area contributed by atoms with Gasteiger partial charge in [0.25, 0.3) is 0 Å². The highest BCUT2D eigenvalue weighted by atomic mass is 32.1. The van der Waals surface area contributed by atoms with Crippen LogP contribution in [-0.4, -0.2) is 10.9 Å². The number of carbonyl (C=O) groups is 1. The van der Waals surface area contributed by atoms with Crippen molar-refractivity contribution in [2.24, 2.45) is 0 Å². The highest BCUT2D eigenvalue weighted by molar-refractivity contribution is 7.16. The molecule has 6 heteroatoms. The number of aryl methyl sites for hydroxylation is 2. The lowest BCUT2D eigenvalue weighted by atomic mass is 10.0. The summed E-state index contributed by atoms with van der Waals surface area (Å²) in [6.45, 7) is 1.93. The monoisotopic (exact) mass is 353 g/mol. The van der Waals surface area contributed by atoms with Crippen molar-refractivity contribution in [3.8, 4) is 11.3 Å². The van der Waals surface area contributed by atoms with Gasteiger partial charge in [-0.2, -0.15) is 0 Å². The van der Waals surface area contributed by atoms with Crippen molar-refractivity contribution in [2.75, 3.05) is 10.6 Å². The minimum atomic E-state index is -0.279. The quantitative estimate of drug-likeness (QED) is 0.705. The van der Waals surface area contributed by atoms with Crippen molar-refractivity contribution >= 4 is 33.6 Å². The summed E-state index contributed by atoms with van der Waals surface area (Å²) in [5.41, 5.74) is 4.40. The third kappa shape index (κ3) is 3.25. The number of aromatic nitrogens is 1. The van der Waals surface area contributed by atoms with Gasteiger partial charge in [-0.05, 0) is 49.2 Å². The topological polar surface area (TPSA) is 54.0 Å². The summed E-state index contributed by atoms with van der Waals surface area (Å²) in [4.78, 5) is 16.0. The number of hydrogen-bond donors (Lipinski definition) is 2. The second-order valence-electron chi connectivity index (χ2n) is 5.97. The number of nitrogens with one attached hydrogen (secondary N) is 2. The predicted octanol–water partition coefficient (Wildman–Crippen LogP) is 4.89. The molecule has 0 unspecified atom stereocenters. The van der Waals surface area contributed by atoms with E-state index in [1.165, 1.54) is 23.5 Å². The Morgan fingerprint density at radius 3 is 2.92 bits per heavy atom. The molecule has 2 heterocycles. The van der Waals surface area contributed by atoms with Crippen LogP contribution in [0, 0.1) is 12.7 Å². The van der Waals surface area contributed by atoms with Crippen molar-refractivity contribution in [2.45, 2.75) is 19.8 Å². The minimum Gasteiger partial charge on any atom is -0.345 e. The third-order valence-corrected chi connectivity index (χ3v) is 4.98. The summed E-state index contributed by atoms with van der Waals surface area (Å²) in [6, 6.07) is 12.3. The Morgan fingerprint density at radius 2 is 2.08 bits per heavy atom. The average molecular weight is 353 g/mol. The maximum atomic E-state index is 13.6. The van der Waals surface area contributed by atoms with Crippen LogP contribution in [0.15, 0.2) is 42.5 Å². The first-order valence-electron chi connectivity index (χ1n) is 8.02. The summed E-state index contributed by atoms with van der Waals surface area (Å²) < 4.78 is 13.6. The number of rotatable bonds is 3. The predicted molar refractivity (Wildman–Crippen MR) is 98.9 cm³/mol. The van der Waals surface area contributed by atoms with Crippen LogP contribution >= 0.6 is 11.3 Å². The van der Waals surface area contributed by atoms with E-state index in [2.05, 4.69) is 15.6 Å². The molecule has 0 radical (unpaired) electrons. The van der Waals surface area contributed by atoms with Gasteiger partial charge >= 0.3 is 0 Å². The number of anilines is 3. The molecule has 2 aromatic carbocycles. The molecule has 2 N–H and O–H groups in total. The number of thiazole rings is 1. The fourth-order valence-electron chi connectivity index (χ4n) is 2.94. The lowest BCUT2D eigenvalue weighted by Gasteiger charge is -2.18. The minimum absolute atomic E-state index is 0.0553. The number of fused-ring (bicyclic) bond motifs is 1. The molecule has 4 nitrogen and oxygen atoms in total. The molecule has 0 spiro atoms. The Hall–Kier alpha value is -2.73. The van der Waals surface area contributed by atoms with Crippen LogP contribution in [0.25, 0.3) is 11.3 Å². The second kappa shape index (κ2) is 6.29. The molecule has 1 aromatic heterocycles. The van der Waals surface area contributed by atoms with E-state index < -0.39 is 0 Å². The molecule has 0 saturated carbocycles. The van der Waals surface area contributed by atoms with Crippen molar-refractivity contribution in [1.29, 1.82) is 0 Å². The van der Waals surface area contributed by atoms with E-state index in [1.807, 2.05) is 31.2 Å². The summed E-state index contributed by atoms with van der Waals surface area (Å²) in [5.74, 6) is -0.224. The van der Waals surface area contributed by atoms with Gasteiger partial charge in [0.05, 0.1) is 5.01 Å². The van der Waals surface area contributed by atoms with Gasteiger partial charge in [0.15, 0.2) is 0 Å². The zero-order chi connectivity index (χ0) is 17.4. The van der Waals surface area contributed by atoms with Crippen LogP contribution in [0.4, 0.5) is 20.8 Å². The van der Waals surface area contributed by atoms with Gasteiger partial charge in [-0.15, -0.1) is 11.3 Å². The Labute approximate surface area is 148 Å². The first-order valence-corrected chi connectivity index (χ1v) is 8.83. The number of amides is 1. The van der Waals surface area contributed by atoms with E-state index in [4.69, 9.17) is 0 Å². The SMILES string of the molecule is Cc1nc(-c2cccc(F)c2)c(Nc2ccc3c(c2)CCC(=O)N3)s1. The normalized spacial score (nSPS) is 13.3. The van der Waals surface area contributed by atoms with Gasteiger partial charge in [-0.1, -0.05) is 12.1 Å². The summed E-state index contributed by atoms with van der Waals surface area (Å²) in [6.07, 6.45) is 1.24. The summed E-state index contributed by atoms with van der Waals surface area (Å²) in [5, 5.41) is 8.06. The van der Waals surface area contributed by atoms with Crippen molar-refractivity contribution in [1.82, 2.24) is 4.98 Å². The number of benzene rings is 2. The molecule has 0 aliphatic carbocycles. The fraction of sp³-hybridized carbons (Fsp3) is 0.158. The Kier molecular flexibility index (Phi) is 3.97. The van der Waals surface area contributed by atoms with Gasteiger partial charge in [-0.25, -0.2) is 9.37 Å². The Morgan fingerprint density at radius 1 is 1.20 bits per heavy atom. The first kappa shape index (κ1) is 15.8. The average Bonchev–Trinajstić information content (AvgIpc) is 2.95. The van der Waals surface area contributed by atoms with E-state index in [0.717, 1.165) is 44.6 Å². The van der Waals surface area contributed by atoms with Gasteiger partial charge < -0.3 is 10.6 Å². The number of carbonyl (C=O) groups excluding carboxylic acids is 1. The molecule has 0 fully saturated rings. The van der Waals surface area contributed by atoms with E-state index in [9.17, 15) is 9.18 Å². The van der Waals surface area contributed by atoms with Crippen molar-refractivity contribution < 1.29 is 9.18 Å². The highest BCUT2D eigenvalue weighted by Crippen LogP contribution is 2.36. The summed E-state index contributed by atoms with van der Waals surface area (Å²) >= 11 is 1.53. The van der Waals surface area contributed by atoms with Crippen molar-refractivity contribution in [3.05, 3.63) is 58.9 Å². The Bertz CT molecular complexity index is 967. The largest absolute Gasteiger partial charge is 0.345 e. The smallest absolute Gasteiger partial charge is 0.224 e. The zero-order valence-corrected chi connectivity index (χ0v) is 14.4. The molecule has 1 aliphatic rings. The molecule has 126 valence electrons. The molecule has 1 aliphatic heterocycles. The van der Waals surface area contributed by atoms with Crippen LogP contribution in [0.3, 0.4) is 0 Å². The highest BCUT2D eigenvalue weighted by Gasteiger charge is 2.16. The zero-order valence-electron chi connectivity index (χ0n) is 13.6. The van der Waals surface area contributed by atoms with Gasteiger partial charge in [-0.3, -0.25) is 4.79 Å². The molecule has 4 rings (SSSR count). The van der Waals surface area contributed by atoms with E-state index >= 15 is 0 Å². The van der Waals surface area contributed by atoms with Crippen LogP contribution in [0.2, 0.25) is 0 Å². The van der Waals surface area contributed by atoms with Crippen LogP contribution < -0.4 is 10.6 Å². The van der Waals surface area contributed by atoms with Crippen LogP contribution in [0.1, 0.15) is 17.0 Å². The third-order valence-electron chi connectivity index (χ3n) is 4.09. The number of halogens is 1. The van der Waals surface area contributed by atoms with Crippen LogP contribution in [0.5, 0.6) is 0 Å². The lowest BCUT2D eigenvalue weighted by Crippen LogP contribution is -2.18. The molecule has 0 saturated heterocycles. The van der Waals surface area contributed by atoms with E-state index in [-0.39, 0.29) is 11.7 Å². The molecular formula is C19H16FN3OS. The van der Waals surface area contributed by atoms with Gasteiger partial charge in [0, 0.05) is 23.4 Å². The van der Waals surface area contributed by atoms with Gasteiger partial charge in [0.1, 0.15) is 16.5 Å². The standard InChI is InChI=1S/C19H16FN3OS/c1-11-21-18(13-3-2-4-14(20)9-13)19(25-11)22-15-6-7-16-12(10-15)5-8-17(24)23-16/h2-4,6-7,9-10,22H,5,8H2,1H3,(H,23,24). The maximum absolute atomic E-state index is 13.6. The maximum Gasteiger partial charge on any atom is 0.224 e.